The SMILES string of the molecule is COc1cc(-c2c3c(nc4c2c(C)nn4-c2ccccc2)COC3=O)ccc1O. The van der Waals surface area contributed by atoms with Gasteiger partial charge in [-0.2, -0.15) is 5.10 Å². The number of fused-ring (bicyclic) bond motifs is 2. The largest absolute Gasteiger partial charge is 0.504 e. The van der Waals surface area contributed by atoms with Crippen molar-refractivity contribution in [3.8, 4) is 28.3 Å². The second-order valence-corrected chi connectivity index (χ2v) is 6.80. The molecule has 7 nitrogen and oxygen atoms in total. The van der Waals surface area contributed by atoms with Crippen molar-refractivity contribution in [2.45, 2.75) is 13.5 Å². The van der Waals surface area contributed by atoms with Gasteiger partial charge in [0.25, 0.3) is 0 Å². The summed E-state index contributed by atoms with van der Waals surface area (Å²) in [5.74, 6) is -0.0681. The molecule has 2 aromatic carbocycles. The molecule has 144 valence electrons. The lowest BCUT2D eigenvalue weighted by molar-refractivity contribution is 0.0534. The Morgan fingerprint density at radius 3 is 2.69 bits per heavy atom. The molecule has 1 aliphatic rings. The van der Waals surface area contributed by atoms with E-state index in [1.165, 1.54) is 7.11 Å². The van der Waals surface area contributed by atoms with E-state index in [0.717, 1.165) is 22.3 Å². The molecule has 1 aliphatic heterocycles. The zero-order chi connectivity index (χ0) is 20.1. The number of benzene rings is 2. The molecule has 2 aromatic heterocycles. The lowest BCUT2D eigenvalue weighted by atomic mass is 9.95. The molecule has 0 unspecified atom stereocenters. The molecule has 3 heterocycles. The summed E-state index contributed by atoms with van der Waals surface area (Å²) in [5.41, 5.74) is 4.66. The summed E-state index contributed by atoms with van der Waals surface area (Å²) in [6.45, 7) is 2.00. The van der Waals surface area contributed by atoms with Gasteiger partial charge in [-0.05, 0) is 36.8 Å². The number of nitrogens with zero attached hydrogens (tertiary/aromatic N) is 3. The van der Waals surface area contributed by atoms with Crippen LogP contribution in [0.25, 0.3) is 27.8 Å². The third kappa shape index (κ3) is 2.55. The number of aromatic hydroxyl groups is 1. The van der Waals surface area contributed by atoms with Gasteiger partial charge in [0.1, 0.15) is 6.61 Å². The van der Waals surface area contributed by atoms with Crippen molar-refractivity contribution in [1.82, 2.24) is 14.8 Å². The highest BCUT2D eigenvalue weighted by atomic mass is 16.5. The highest BCUT2D eigenvalue weighted by Gasteiger charge is 2.31. The first-order chi connectivity index (χ1) is 14.1. The van der Waals surface area contributed by atoms with Crippen molar-refractivity contribution in [3.63, 3.8) is 0 Å². The molecule has 0 amide bonds. The van der Waals surface area contributed by atoms with Gasteiger partial charge in [0.2, 0.25) is 0 Å². The van der Waals surface area contributed by atoms with Gasteiger partial charge in [-0.3, -0.25) is 0 Å². The Hall–Kier alpha value is -3.87. The maximum Gasteiger partial charge on any atom is 0.341 e. The fraction of sp³-hybridized carbons (Fsp3) is 0.136. The molecule has 0 atom stereocenters. The molecule has 0 fully saturated rings. The average Bonchev–Trinajstić information content (AvgIpc) is 3.28. The first-order valence-electron chi connectivity index (χ1n) is 9.10. The van der Waals surface area contributed by atoms with E-state index in [1.807, 2.05) is 37.3 Å². The number of para-hydroxylation sites is 1. The Bertz CT molecular complexity index is 1280. The van der Waals surface area contributed by atoms with Crippen LogP contribution in [0.1, 0.15) is 21.7 Å². The van der Waals surface area contributed by atoms with Crippen LogP contribution in [0.5, 0.6) is 11.5 Å². The monoisotopic (exact) mass is 387 g/mol. The number of carbonyl (C=O) groups is 1. The average molecular weight is 387 g/mol. The summed E-state index contributed by atoms with van der Waals surface area (Å²) in [7, 11) is 1.48. The summed E-state index contributed by atoms with van der Waals surface area (Å²) in [6.07, 6.45) is 0. The molecule has 5 rings (SSSR count). The van der Waals surface area contributed by atoms with Gasteiger partial charge in [0, 0.05) is 5.56 Å². The molecule has 29 heavy (non-hydrogen) atoms. The molecular formula is C22H17N3O4. The van der Waals surface area contributed by atoms with E-state index >= 15 is 0 Å². The quantitative estimate of drug-likeness (QED) is 0.539. The van der Waals surface area contributed by atoms with Crippen molar-refractivity contribution >= 4 is 17.0 Å². The maximum atomic E-state index is 12.5. The van der Waals surface area contributed by atoms with Crippen LogP contribution in [-0.4, -0.2) is 33.0 Å². The highest BCUT2D eigenvalue weighted by molar-refractivity contribution is 6.09. The number of aryl methyl sites for hydroxylation is 1. The number of pyridine rings is 1. The zero-order valence-corrected chi connectivity index (χ0v) is 15.8. The van der Waals surface area contributed by atoms with Crippen LogP contribution in [0, 0.1) is 6.92 Å². The minimum absolute atomic E-state index is 0.0254. The second kappa shape index (κ2) is 6.34. The number of carbonyl (C=O) groups excluding carboxylic acids is 1. The molecule has 4 aromatic rings. The molecule has 0 saturated heterocycles. The van der Waals surface area contributed by atoms with Crippen molar-refractivity contribution in [1.29, 1.82) is 0 Å². The molecule has 1 N–H and O–H groups in total. The van der Waals surface area contributed by atoms with Gasteiger partial charge in [-0.1, -0.05) is 24.3 Å². The van der Waals surface area contributed by atoms with Gasteiger partial charge in [-0.15, -0.1) is 0 Å². The van der Waals surface area contributed by atoms with E-state index in [9.17, 15) is 9.90 Å². The van der Waals surface area contributed by atoms with Crippen molar-refractivity contribution in [3.05, 3.63) is 65.5 Å². The third-order valence-corrected chi connectivity index (χ3v) is 5.08. The normalized spacial score (nSPS) is 12.8. The highest BCUT2D eigenvalue weighted by Crippen LogP contribution is 2.41. The Labute approximate surface area is 166 Å². The predicted octanol–water partition coefficient (Wildman–Crippen LogP) is 3.78. The Morgan fingerprint density at radius 1 is 1.14 bits per heavy atom. The number of hydrogen-bond acceptors (Lipinski definition) is 6. The first kappa shape index (κ1) is 17.2. The van der Waals surface area contributed by atoms with Crippen LogP contribution in [0.3, 0.4) is 0 Å². The van der Waals surface area contributed by atoms with E-state index in [0.29, 0.717) is 28.2 Å². The lowest BCUT2D eigenvalue weighted by Gasteiger charge is -2.11. The van der Waals surface area contributed by atoms with Crippen molar-refractivity contribution < 1.29 is 19.4 Å². The van der Waals surface area contributed by atoms with Gasteiger partial charge < -0.3 is 14.6 Å². The minimum Gasteiger partial charge on any atom is -0.504 e. The Balaban J connectivity index is 1.89. The summed E-state index contributed by atoms with van der Waals surface area (Å²) in [6, 6.07) is 14.7. The number of rotatable bonds is 3. The van der Waals surface area contributed by atoms with E-state index in [-0.39, 0.29) is 12.4 Å². The van der Waals surface area contributed by atoms with Crippen LogP contribution in [-0.2, 0) is 11.3 Å². The number of methoxy groups -OCH3 is 1. The van der Waals surface area contributed by atoms with Gasteiger partial charge in [0.05, 0.1) is 35.1 Å². The zero-order valence-electron chi connectivity index (χ0n) is 15.8. The van der Waals surface area contributed by atoms with Crippen LogP contribution in [0.15, 0.2) is 48.5 Å². The van der Waals surface area contributed by atoms with Crippen molar-refractivity contribution in [2.24, 2.45) is 0 Å². The Kier molecular flexibility index (Phi) is 3.77. The summed E-state index contributed by atoms with van der Waals surface area (Å²) in [4.78, 5) is 17.3. The van der Waals surface area contributed by atoms with Crippen LogP contribution >= 0.6 is 0 Å². The fourth-order valence-corrected chi connectivity index (χ4v) is 3.77. The van der Waals surface area contributed by atoms with Gasteiger partial charge in [0.15, 0.2) is 17.1 Å². The number of cyclic esters (lactones) is 1. The van der Waals surface area contributed by atoms with Crippen molar-refractivity contribution in [2.75, 3.05) is 7.11 Å². The maximum absolute atomic E-state index is 12.5. The van der Waals surface area contributed by atoms with Gasteiger partial charge >= 0.3 is 5.97 Å². The van der Waals surface area contributed by atoms with Crippen LogP contribution in [0.2, 0.25) is 0 Å². The summed E-state index contributed by atoms with van der Waals surface area (Å²) >= 11 is 0. The first-order valence-corrected chi connectivity index (χ1v) is 9.10. The second-order valence-electron chi connectivity index (χ2n) is 6.80. The van der Waals surface area contributed by atoms with Gasteiger partial charge in [-0.25, -0.2) is 14.5 Å². The van der Waals surface area contributed by atoms with E-state index in [4.69, 9.17) is 19.6 Å². The standard InChI is InChI=1S/C22H17N3O4/c1-12-18-19(13-8-9-16(26)17(10-13)28-2)20-15(11-29-22(20)27)23-21(18)25(24-12)14-6-4-3-5-7-14/h3-10,26H,11H2,1-2H3. The molecular weight excluding hydrogens is 370 g/mol. The topological polar surface area (TPSA) is 86.5 Å². The predicted molar refractivity (Wildman–Crippen MR) is 106 cm³/mol. The number of esters is 1. The number of phenols is 1. The number of hydrogen-bond donors (Lipinski definition) is 1. The van der Waals surface area contributed by atoms with Crippen LogP contribution in [0.4, 0.5) is 0 Å². The van der Waals surface area contributed by atoms with E-state index in [2.05, 4.69) is 0 Å². The van der Waals surface area contributed by atoms with E-state index < -0.39 is 5.97 Å². The molecule has 0 aliphatic carbocycles. The molecule has 7 heteroatoms. The molecule has 0 bridgehead atoms. The molecule has 0 spiro atoms. The summed E-state index contributed by atoms with van der Waals surface area (Å²) < 4.78 is 12.3. The third-order valence-electron chi connectivity index (χ3n) is 5.08. The molecule has 0 saturated carbocycles. The smallest absolute Gasteiger partial charge is 0.341 e. The lowest BCUT2D eigenvalue weighted by Crippen LogP contribution is -2.03. The van der Waals surface area contributed by atoms with Crippen LogP contribution < -0.4 is 4.74 Å². The number of ether oxygens (including phenoxy) is 2. The number of phenolic OH excluding ortho intramolecular Hbond substituents is 1. The van der Waals surface area contributed by atoms with E-state index in [1.54, 1.807) is 22.9 Å². The minimum atomic E-state index is -0.414. The number of aromatic nitrogens is 3. The molecule has 0 radical (unpaired) electrons. The fourth-order valence-electron chi connectivity index (χ4n) is 3.77. The summed E-state index contributed by atoms with van der Waals surface area (Å²) in [5, 5.41) is 15.5. The Morgan fingerprint density at radius 2 is 1.93 bits per heavy atom.